The Morgan fingerprint density at radius 1 is 0.628 bits per heavy atom. The van der Waals surface area contributed by atoms with Crippen LogP contribution in [-0.4, -0.2) is 10.2 Å². The maximum absolute atomic E-state index is 11.2. The molecule has 4 bridgehead atoms. The first-order chi connectivity index (χ1) is 20.5. The zero-order chi connectivity index (χ0) is 30.1. The predicted molar refractivity (Wildman–Crippen MR) is 178 cm³/mol. The summed E-state index contributed by atoms with van der Waals surface area (Å²) in [5, 5.41) is 22.3. The molecule has 2 heteroatoms. The van der Waals surface area contributed by atoms with Crippen molar-refractivity contribution in [2.24, 2.45) is 16.2 Å². The van der Waals surface area contributed by atoms with Crippen LogP contribution in [0.2, 0.25) is 0 Å². The lowest BCUT2D eigenvalue weighted by molar-refractivity contribution is -0.185. The monoisotopic (exact) mass is 582 g/mol. The highest BCUT2D eigenvalue weighted by Crippen LogP contribution is 2.78. The lowest BCUT2D eigenvalue weighted by Gasteiger charge is -2.74. The topological polar surface area (TPSA) is 40.5 Å². The minimum Gasteiger partial charge on any atom is -0.508 e. The van der Waals surface area contributed by atoms with Crippen LogP contribution in [0.3, 0.4) is 0 Å². The highest BCUT2D eigenvalue weighted by molar-refractivity contribution is 5.48. The average molecular weight is 583 g/mol. The highest BCUT2D eigenvalue weighted by atomic mass is 16.3. The normalized spacial score (nSPS) is 35.0. The summed E-state index contributed by atoms with van der Waals surface area (Å²) in [4.78, 5) is 0. The molecule has 6 fully saturated rings. The smallest absolute Gasteiger partial charge is 0.119 e. The van der Waals surface area contributed by atoms with Gasteiger partial charge in [-0.2, -0.15) is 0 Å². The van der Waals surface area contributed by atoms with Crippen LogP contribution >= 0.6 is 0 Å². The molecule has 2 unspecified atom stereocenters. The Morgan fingerprint density at radius 3 is 1.51 bits per heavy atom. The second-order valence-electron chi connectivity index (χ2n) is 17.6. The van der Waals surface area contributed by atoms with Crippen molar-refractivity contribution in [2.75, 3.05) is 0 Å². The van der Waals surface area contributed by atoms with Crippen LogP contribution in [0.25, 0.3) is 0 Å². The van der Waals surface area contributed by atoms with Crippen LogP contribution in [0.4, 0.5) is 0 Å². The summed E-state index contributed by atoms with van der Waals surface area (Å²) in [5.41, 5.74) is 6.64. The molecule has 6 saturated carbocycles. The second kappa shape index (κ2) is 10.6. The van der Waals surface area contributed by atoms with Crippen molar-refractivity contribution in [3.63, 3.8) is 0 Å². The van der Waals surface area contributed by atoms with Gasteiger partial charge in [0.25, 0.3) is 0 Å². The van der Waals surface area contributed by atoms with Gasteiger partial charge in [-0.1, -0.05) is 96.9 Å². The molecule has 234 valence electrons. The van der Waals surface area contributed by atoms with Crippen molar-refractivity contribution >= 4 is 0 Å². The first-order valence-electron chi connectivity index (χ1n) is 18.2. The Labute approximate surface area is 262 Å². The van der Waals surface area contributed by atoms with Crippen LogP contribution in [0.1, 0.15) is 177 Å². The summed E-state index contributed by atoms with van der Waals surface area (Å²) in [6.07, 6.45) is 23.0. The van der Waals surface area contributed by atoms with E-state index in [0.717, 1.165) is 0 Å². The van der Waals surface area contributed by atoms with Crippen molar-refractivity contribution in [2.45, 2.75) is 166 Å². The predicted octanol–water partition coefficient (Wildman–Crippen LogP) is 11.6. The number of benzene rings is 2. The Morgan fingerprint density at radius 2 is 1.09 bits per heavy atom. The number of rotatable bonds is 6. The molecular weight excluding hydrogens is 524 g/mol. The van der Waals surface area contributed by atoms with E-state index >= 15 is 0 Å². The Bertz CT molecular complexity index is 1250. The fourth-order valence-electron chi connectivity index (χ4n) is 12.3. The molecule has 6 aliphatic rings. The Hall–Kier alpha value is -1.96. The van der Waals surface area contributed by atoms with Gasteiger partial charge in [-0.05, 0) is 144 Å². The summed E-state index contributed by atoms with van der Waals surface area (Å²) in [5.74, 6) is 2.07. The second-order valence-corrected chi connectivity index (χ2v) is 17.6. The molecule has 0 saturated heterocycles. The standard InChI is InChI=1S/C41H58O2/c1-5-20-38-23-39(31-16-18-35(42)33(21-31)29-12-8-6-9-13-29)26-40(24-38,28-41(25-38,27-39)37(2,3)4)32-17-19-36(43)34(22-32)30-14-10-7-11-15-30/h16-19,21-22,29-30,42-43H,5-15,20,23-28H2,1-4H3. The molecule has 0 heterocycles. The molecule has 0 aliphatic heterocycles. The molecular formula is C41H58O2. The number of phenols is 2. The fraction of sp³-hybridized carbons (Fsp3) is 0.707. The zero-order valence-corrected chi connectivity index (χ0v) is 27.7. The third kappa shape index (κ3) is 4.87. The summed E-state index contributed by atoms with van der Waals surface area (Å²) in [7, 11) is 0. The number of hydrogen-bond donors (Lipinski definition) is 2. The summed E-state index contributed by atoms with van der Waals surface area (Å²) in [6, 6.07) is 13.8. The van der Waals surface area contributed by atoms with Gasteiger partial charge in [-0.3, -0.25) is 0 Å². The number of hydrogen-bond acceptors (Lipinski definition) is 2. The van der Waals surface area contributed by atoms with Crippen molar-refractivity contribution in [1.82, 2.24) is 0 Å². The third-order valence-corrected chi connectivity index (χ3v) is 13.9. The van der Waals surface area contributed by atoms with E-state index in [1.165, 1.54) is 138 Å². The molecule has 0 aromatic heterocycles. The van der Waals surface area contributed by atoms with Crippen molar-refractivity contribution in [1.29, 1.82) is 0 Å². The van der Waals surface area contributed by atoms with E-state index in [4.69, 9.17) is 0 Å². The van der Waals surface area contributed by atoms with Crippen LogP contribution in [-0.2, 0) is 10.8 Å². The molecule has 2 nitrogen and oxygen atoms in total. The van der Waals surface area contributed by atoms with Crippen molar-refractivity contribution < 1.29 is 10.2 Å². The van der Waals surface area contributed by atoms with Gasteiger partial charge in [-0.15, -0.1) is 0 Å². The molecule has 0 amide bonds. The van der Waals surface area contributed by atoms with E-state index in [1.54, 1.807) is 0 Å². The lowest BCUT2D eigenvalue weighted by Crippen LogP contribution is -2.67. The number of phenolic OH excluding ortho intramolecular Hbond substituents is 2. The fourth-order valence-corrected chi connectivity index (χ4v) is 12.3. The Balaban J connectivity index is 1.39. The van der Waals surface area contributed by atoms with Gasteiger partial charge < -0.3 is 10.2 Å². The largest absolute Gasteiger partial charge is 0.508 e. The number of aromatic hydroxyl groups is 2. The van der Waals surface area contributed by atoms with Gasteiger partial charge in [0.2, 0.25) is 0 Å². The zero-order valence-electron chi connectivity index (χ0n) is 27.7. The van der Waals surface area contributed by atoms with Gasteiger partial charge in [0.05, 0.1) is 0 Å². The molecule has 2 atom stereocenters. The van der Waals surface area contributed by atoms with E-state index < -0.39 is 0 Å². The molecule has 0 spiro atoms. The van der Waals surface area contributed by atoms with Gasteiger partial charge in [0, 0.05) is 0 Å². The van der Waals surface area contributed by atoms with Crippen LogP contribution in [0, 0.1) is 16.2 Å². The maximum atomic E-state index is 11.2. The third-order valence-electron chi connectivity index (χ3n) is 13.9. The molecule has 43 heavy (non-hydrogen) atoms. The quantitative estimate of drug-likeness (QED) is 0.356. The van der Waals surface area contributed by atoms with E-state index in [9.17, 15) is 10.2 Å². The molecule has 2 aromatic rings. The van der Waals surface area contributed by atoms with E-state index in [0.29, 0.717) is 28.7 Å². The summed E-state index contributed by atoms with van der Waals surface area (Å²) >= 11 is 0. The van der Waals surface area contributed by atoms with E-state index in [2.05, 4.69) is 64.1 Å². The van der Waals surface area contributed by atoms with Crippen LogP contribution in [0.5, 0.6) is 11.5 Å². The molecule has 0 radical (unpaired) electrons. The first kappa shape index (κ1) is 29.7. The van der Waals surface area contributed by atoms with Crippen molar-refractivity contribution in [3.8, 4) is 11.5 Å². The Kier molecular flexibility index (Phi) is 7.30. The van der Waals surface area contributed by atoms with Gasteiger partial charge in [0.15, 0.2) is 0 Å². The summed E-state index contributed by atoms with van der Waals surface area (Å²) in [6.45, 7) is 10.0. The average Bonchev–Trinajstić information content (AvgIpc) is 2.97. The van der Waals surface area contributed by atoms with Crippen LogP contribution < -0.4 is 0 Å². The molecule has 8 rings (SSSR count). The minimum atomic E-state index is 0.136. The minimum absolute atomic E-state index is 0.136. The molecule has 2 N–H and O–H groups in total. The van der Waals surface area contributed by atoms with Crippen LogP contribution in [0.15, 0.2) is 36.4 Å². The SMILES string of the molecule is CCCC12CC3(c4ccc(O)c(C5CCCCC5)c4)CC(c4ccc(O)c(C5CCCCC5)c4)(C1)CC(C(C)(C)C)(C2)C3. The van der Waals surface area contributed by atoms with Gasteiger partial charge in [-0.25, -0.2) is 0 Å². The summed E-state index contributed by atoms with van der Waals surface area (Å²) < 4.78 is 0. The maximum Gasteiger partial charge on any atom is 0.119 e. The molecule has 6 aliphatic carbocycles. The first-order valence-corrected chi connectivity index (χ1v) is 18.2. The van der Waals surface area contributed by atoms with Crippen molar-refractivity contribution in [3.05, 3.63) is 58.7 Å². The van der Waals surface area contributed by atoms with E-state index in [1.807, 2.05) is 0 Å². The highest BCUT2D eigenvalue weighted by Gasteiger charge is 2.70. The van der Waals surface area contributed by atoms with Gasteiger partial charge in [0.1, 0.15) is 11.5 Å². The van der Waals surface area contributed by atoms with Gasteiger partial charge >= 0.3 is 0 Å². The molecule has 2 aromatic carbocycles. The van der Waals surface area contributed by atoms with E-state index in [-0.39, 0.29) is 21.7 Å². The lowest BCUT2D eigenvalue weighted by atomic mass is 9.30.